The zero-order valence-corrected chi connectivity index (χ0v) is 16.8. The van der Waals surface area contributed by atoms with Gasteiger partial charge in [-0.05, 0) is 42.3 Å². The van der Waals surface area contributed by atoms with Gasteiger partial charge in [-0.15, -0.1) is 0 Å². The predicted octanol–water partition coefficient (Wildman–Crippen LogP) is 4.15. The molecule has 1 aliphatic rings. The molecule has 1 N–H and O–H groups in total. The van der Waals surface area contributed by atoms with Crippen LogP contribution in [0.5, 0.6) is 0 Å². The monoisotopic (exact) mass is 392 g/mol. The Morgan fingerprint density at radius 1 is 1.11 bits per heavy atom. The number of aliphatic hydroxyl groups is 1. The van der Waals surface area contributed by atoms with Crippen LogP contribution in [0, 0.1) is 6.92 Å². The van der Waals surface area contributed by atoms with E-state index in [0.717, 1.165) is 26.9 Å². The molecule has 1 saturated heterocycles. The van der Waals surface area contributed by atoms with Crippen molar-refractivity contribution < 1.29 is 9.90 Å². The Bertz CT molecular complexity index is 991. The predicted molar refractivity (Wildman–Crippen MR) is 113 cm³/mol. The van der Waals surface area contributed by atoms with Crippen LogP contribution in [0.4, 0.5) is 0 Å². The lowest BCUT2D eigenvalue weighted by molar-refractivity contribution is -0.132. The molecule has 0 bridgehead atoms. The Morgan fingerprint density at radius 3 is 2.61 bits per heavy atom. The van der Waals surface area contributed by atoms with E-state index in [0.29, 0.717) is 31.7 Å². The smallest absolute Gasteiger partial charge is 0.232 e. The van der Waals surface area contributed by atoms with Crippen molar-refractivity contribution in [3.05, 3.63) is 71.9 Å². The summed E-state index contributed by atoms with van der Waals surface area (Å²) in [6.07, 6.45) is 2.93. The van der Waals surface area contributed by atoms with Crippen molar-refractivity contribution in [2.24, 2.45) is 0 Å². The van der Waals surface area contributed by atoms with Crippen LogP contribution in [0.15, 0.2) is 65.8 Å². The van der Waals surface area contributed by atoms with Crippen LogP contribution < -0.4 is 0 Å². The maximum atomic E-state index is 12.7. The summed E-state index contributed by atoms with van der Waals surface area (Å²) < 4.78 is 0. The molecule has 28 heavy (non-hydrogen) atoms. The van der Waals surface area contributed by atoms with Gasteiger partial charge in [0.05, 0.1) is 11.4 Å². The number of aryl methyl sites for hydroxylation is 1. The number of fused-ring (bicyclic) bond motifs is 1. The quantitative estimate of drug-likeness (QED) is 0.678. The van der Waals surface area contributed by atoms with E-state index in [9.17, 15) is 9.90 Å². The number of rotatable bonds is 4. The summed E-state index contributed by atoms with van der Waals surface area (Å²) in [5, 5.41) is 14.2. The molecule has 0 radical (unpaired) electrons. The topological polar surface area (TPSA) is 53.4 Å². The van der Waals surface area contributed by atoms with E-state index in [-0.39, 0.29) is 5.91 Å². The lowest BCUT2D eigenvalue weighted by Gasteiger charge is -2.39. The number of benzene rings is 2. The van der Waals surface area contributed by atoms with Crippen molar-refractivity contribution in [3.8, 4) is 0 Å². The molecular weight excluding hydrogens is 368 g/mol. The molecule has 0 saturated carbocycles. The van der Waals surface area contributed by atoms with Crippen LogP contribution >= 0.6 is 11.8 Å². The summed E-state index contributed by atoms with van der Waals surface area (Å²) in [4.78, 5) is 19.0. The van der Waals surface area contributed by atoms with E-state index in [1.807, 2.05) is 60.4 Å². The van der Waals surface area contributed by atoms with Crippen molar-refractivity contribution in [2.75, 3.05) is 18.8 Å². The molecule has 3 aromatic rings. The van der Waals surface area contributed by atoms with Gasteiger partial charge in [0.25, 0.3) is 0 Å². The molecule has 1 amide bonds. The Balaban J connectivity index is 1.39. The van der Waals surface area contributed by atoms with Gasteiger partial charge < -0.3 is 10.0 Å². The maximum Gasteiger partial charge on any atom is 0.232 e. The molecular formula is C23H24N2O2S. The minimum atomic E-state index is -0.841. The maximum absolute atomic E-state index is 12.7. The molecule has 1 aromatic heterocycles. The van der Waals surface area contributed by atoms with E-state index in [4.69, 9.17) is 0 Å². The number of carbonyl (C=O) groups excluding carboxylic acids is 1. The molecule has 1 fully saturated rings. The van der Waals surface area contributed by atoms with Gasteiger partial charge in [0, 0.05) is 24.7 Å². The average molecular weight is 393 g/mol. The molecule has 2 aromatic carbocycles. The number of hydrogen-bond acceptors (Lipinski definition) is 4. The second kappa shape index (κ2) is 7.94. The summed E-state index contributed by atoms with van der Waals surface area (Å²) in [6.45, 7) is 3.18. The van der Waals surface area contributed by atoms with Crippen molar-refractivity contribution >= 4 is 28.4 Å². The fourth-order valence-electron chi connectivity index (χ4n) is 3.92. The summed E-state index contributed by atoms with van der Waals surface area (Å²) in [7, 11) is 0. The second-order valence-electron chi connectivity index (χ2n) is 7.35. The van der Waals surface area contributed by atoms with Crippen molar-refractivity contribution in [1.29, 1.82) is 0 Å². The molecule has 0 aliphatic carbocycles. The van der Waals surface area contributed by atoms with E-state index in [2.05, 4.69) is 11.1 Å². The van der Waals surface area contributed by atoms with Gasteiger partial charge >= 0.3 is 0 Å². The number of aromatic nitrogens is 1. The third-order valence-corrected chi connectivity index (χ3v) is 6.55. The lowest BCUT2D eigenvalue weighted by Crippen LogP contribution is -2.46. The van der Waals surface area contributed by atoms with Crippen LogP contribution in [-0.4, -0.2) is 39.7 Å². The molecule has 144 valence electrons. The first-order valence-electron chi connectivity index (χ1n) is 9.60. The first kappa shape index (κ1) is 19.0. The number of nitrogens with zero attached hydrogens (tertiary/aromatic N) is 2. The number of amides is 1. The van der Waals surface area contributed by atoms with Crippen LogP contribution in [0.3, 0.4) is 0 Å². The highest BCUT2D eigenvalue weighted by Gasteiger charge is 2.36. The average Bonchev–Trinajstić information content (AvgIpc) is 2.72. The van der Waals surface area contributed by atoms with Gasteiger partial charge in [0.15, 0.2) is 0 Å². The summed E-state index contributed by atoms with van der Waals surface area (Å²) in [5.41, 5.74) is 1.24. The molecule has 0 atom stereocenters. The van der Waals surface area contributed by atoms with Crippen LogP contribution in [0.25, 0.3) is 10.8 Å². The van der Waals surface area contributed by atoms with E-state index >= 15 is 0 Å². The summed E-state index contributed by atoms with van der Waals surface area (Å²) in [5.74, 6) is 0.468. The fourth-order valence-corrected chi connectivity index (χ4v) is 4.84. The van der Waals surface area contributed by atoms with Gasteiger partial charge in [-0.2, -0.15) is 0 Å². The first-order chi connectivity index (χ1) is 13.6. The summed E-state index contributed by atoms with van der Waals surface area (Å²) in [6, 6.07) is 18.0. The zero-order chi connectivity index (χ0) is 19.6. The third-order valence-electron chi connectivity index (χ3n) is 5.56. The molecule has 4 nitrogen and oxygen atoms in total. The number of carbonyl (C=O) groups is 1. The molecule has 4 rings (SSSR count). The number of pyridine rings is 1. The van der Waals surface area contributed by atoms with Crippen molar-refractivity contribution in [2.45, 2.75) is 30.4 Å². The highest BCUT2D eigenvalue weighted by molar-refractivity contribution is 8.00. The van der Waals surface area contributed by atoms with Crippen LogP contribution in [0.2, 0.25) is 0 Å². The third kappa shape index (κ3) is 3.77. The Morgan fingerprint density at radius 2 is 1.82 bits per heavy atom. The largest absolute Gasteiger partial charge is 0.385 e. The van der Waals surface area contributed by atoms with Gasteiger partial charge in [-0.3, -0.25) is 4.79 Å². The van der Waals surface area contributed by atoms with Crippen molar-refractivity contribution in [1.82, 2.24) is 9.88 Å². The van der Waals surface area contributed by atoms with Crippen LogP contribution in [0.1, 0.15) is 24.0 Å². The Labute approximate surface area is 169 Å². The number of piperidine rings is 1. The van der Waals surface area contributed by atoms with E-state index in [1.165, 1.54) is 11.8 Å². The van der Waals surface area contributed by atoms with E-state index in [1.54, 1.807) is 6.20 Å². The Hall–Kier alpha value is -2.37. The molecule has 2 heterocycles. The molecule has 5 heteroatoms. The normalized spacial score (nSPS) is 16.3. The second-order valence-corrected chi connectivity index (χ2v) is 8.32. The summed E-state index contributed by atoms with van der Waals surface area (Å²) >= 11 is 1.49. The number of thioether (sulfide) groups is 1. The van der Waals surface area contributed by atoms with Gasteiger partial charge in [0.1, 0.15) is 5.03 Å². The Kier molecular flexibility index (Phi) is 5.38. The SMILES string of the molecule is Cc1ccccc1C1(O)CCN(C(=O)CSc2nccc3ccccc23)CC1. The minimum Gasteiger partial charge on any atom is -0.385 e. The van der Waals surface area contributed by atoms with Gasteiger partial charge in [0.2, 0.25) is 5.91 Å². The van der Waals surface area contributed by atoms with Gasteiger partial charge in [-0.25, -0.2) is 4.98 Å². The number of hydrogen-bond donors (Lipinski definition) is 1. The van der Waals surface area contributed by atoms with Crippen LogP contribution in [-0.2, 0) is 10.4 Å². The minimum absolute atomic E-state index is 0.103. The molecule has 0 unspecified atom stereocenters. The zero-order valence-electron chi connectivity index (χ0n) is 16.0. The highest BCUT2D eigenvalue weighted by atomic mass is 32.2. The lowest BCUT2D eigenvalue weighted by atomic mass is 9.82. The first-order valence-corrected chi connectivity index (χ1v) is 10.6. The molecule has 1 aliphatic heterocycles. The standard InChI is InChI=1S/C23H24N2O2S/c1-17-6-2-5-9-20(17)23(27)11-14-25(15-12-23)21(26)16-28-22-19-8-4-3-7-18(19)10-13-24-22/h2-10,13,27H,11-12,14-16H2,1H3. The van der Waals surface area contributed by atoms with Crippen molar-refractivity contribution in [3.63, 3.8) is 0 Å². The molecule has 0 spiro atoms. The number of likely N-dealkylation sites (tertiary alicyclic amines) is 1. The highest BCUT2D eigenvalue weighted by Crippen LogP contribution is 2.35. The van der Waals surface area contributed by atoms with Gasteiger partial charge in [-0.1, -0.05) is 60.3 Å². The fraction of sp³-hybridized carbons (Fsp3) is 0.304. The van der Waals surface area contributed by atoms with E-state index < -0.39 is 5.60 Å².